The summed E-state index contributed by atoms with van der Waals surface area (Å²) in [6, 6.07) is 11.7. The molecule has 274 valence electrons. The summed E-state index contributed by atoms with van der Waals surface area (Å²) in [4.78, 5) is 66.4. The quantitative estimate of drug-likeness (QED) is 0.141. The first-order valence-corrected chi connectivity index (χ1v) is 16.6. The van der Waals surface area contributed by atoms with Crippen LogP contribution in [0, 0.1) is 0 Å². The fourth-order valence-corrected chi connectivity index (χ4v) is 6.65. The number of ether oxygens (including phenoxy) is 1. The van der Waals surface area contributed by atoms with Gasteiger partial charge in [-0.3, -0.25) is 9.59 Å². The largest absolute Gasteiger partial charge is 0.465 e. The summed E-state index contributed by atoms with van der Waals surface area (Å²) in [7, 11) is 1.19. The summed E-state index contributed by atoms with van der Waals surface area (Å²) in [6.07, 6.45) is -1.53. The van der Waals surface area contributed by atoms with Gasteiger partial charge in [-0.2, -0.15) is 0 Å². The number of aromatic amines is 2. The number of likely N-dealkylation sites (tertiary alicyclic amines) is 2. The van der Waals surface area contributed by atoms with Crippen LogP contribution in [0.25, 0.3) is 33.6 Å². The van der Waals surface area contributed by atoms with E-state index in [9.17, 15) is 33.1 Å². The van der Waals surface area contributed by atoms with Crippen molar-refractivity contribution in [2.75, 3.05) is 26.8 Å². The highest BCUT2D eigenvalue weighted by Crippen LogP contribution is 2.36. The van der Waals surface area contributed by atoms with Crippen molar-refractivity contribution in [1.29, 1.82) is 0 Å². The Kier molecular flexibility index (Phi) is 10.5. The van der Waals surface area contributed by atoms with Gasteiger partial charge < -0.3 is 45.4 Å². The third-order valence-corrected chi connectivity index (χ3v) is 9.28. The molecule has 6 N–H and O–H groups in total. The first-order valence-electron chi connectivity index (χ1n) is 16.6. The maximum absolute atomic E-state index is 14.5. The van der Waals surface area contributed by atoms with Gasteiger partial charge in [0, 0.05) is 12.8 Å². The average Bonchev–Trinajstić information content (AvgIpc) is 3.96. The number of rotatable bonds is 10. The normalized spacial score (nSPS) is 21.1. The van der Waals surface area contributed by atoms with E-state index < -0.39 is 67.1 Å². The number of aromatic nitrogens is 4. The molecule has 2 aromatic carbocycles. The molecule has 2 fully saturated rings. The number of H-pyrrole nitrogens is 2. The molecule has 0 spiro atoms. The molecule has 0 aliphatic carbocycles. The topological polar surface area (TPSA) is 206 Å². The molecule has 6 atom stereocenters. The molecule has 2 aliphatic rings. The lowest BCUT2D eigenvalue weighted by Crippen LogP contribution is -2.50. The number of hydrogen-bond acceptors (Lipinski definition) is 8. The second kappa shape index (κ2) is 15.2. The number of amides is 4. The third kappa shape index (κ3) is 7.58. The summed E-state index contributed by atoms with van der Waals surface area (Å²) in [5, 5.41) is 22.9. The third-order valence-electron chi connectivity index (χ3n) is 9.28. The van der Waals surface area contributed by atoms with Crippen molar-refractivity contribution in [2.24, 2.45) is 0 Å². The molecule has 4 amide bonds. The van der Waals surface area contributed by atoms with E-state index in [0.29, 0.717) is 23.0 Å². The van der Waals surface area contributed by atoms with Crippen LogP contribution in [0.2, 0.25) is 0 Å². The van der Waals surface area contributed by atoms with Gasteiger partial charge in [-0.1, -0.05) is 48.5 Å². The first-order chi connectivity index (χ1) is 24.9. The average molecular weight is 721 g/mol. The van der Waals surface area contributed by atoms with E-state index in [4.69, 9.17) is 5.11 Å². The molecule has 2 aliphatic heterocycles. The zero-order chi connectivity index (χ0) is 37.1. The molecule has 17 heteroatoms. The van der Waals surface area contributed by atoms with Crippen LogP contribution < -0.4 is 10.6 Å². The van der Waals surface area contributed by atoms with E-state index in [1.54, 1.807) is 12.4 Å². The molecule has 0 bridgehead atoms. The molecule has 0 unspecified atom stereocenters. The van der Waals surface area contributed by atoms with Gasteiger partial charge in [-0.15, -0.1) is 0 Å². The van der Waals surface area contributed by atoms with Gasteiger partial charge in [0.2, 0.25) is 11.8 Å². The standard InChI is InChI=1S/C35H38F2N8O7/c1-18(40-35(51)52-2)32(47)44-15-23(36)11-28(44)30-38-13-25(41-30)21-7-3-19(4-8-21)20-5-9-22(10-6-20)26-14-39-31(42-26)29-12-24(37)16-45(29)33(48)27(17-46)43-34(49)50/h3-10,13-14,18,23-24,27-29,43,46H,11-12,15-17H2,1-2H3,(H,38,41)(H,39,42)(H,40,51)(H,49,50)/t18-,23-,24-,27-,28-,29-/m0/s1. The lowest BCUT2D eigenvalue weighted by molar-refractivity contribution is -0.135. The van der Waals surface area contributed by atoms with E-state index in [-0.39, 0.29) is 25.9 Å². The molecule has 2 aromatic heterocycles. The van der Waals surface area contributed by atoms with Crippen molar-refractivity contribution in [3.05, 3.63) is 72.6 Å². The van der Waals surface area contributed by atoms with Crippen molar-refractivity contribution in [1.82, 2.24) is 40.4 Å². The van der Waals surface area contributed by atoms with Crippen LogP contribution >= 0.6 is 0 Å². The molecular formula is C35H38F2N8O7. The Hall–Kier alpha value is -5.84. The number of carbonyl (C=O) groups is 4. The van der Waals surface area contributed by atoms with Crippen molar-refractivity contribution in [3.8, 4) is 33.6 Å². The summed E-state index contributed by atoms with van der Waals surface area (Å²) in [6.45, 7) is 0.389. The van der Waals surface area contributed by atoms with Gasteiger partial charge in [-0.05, 0) is 29.2 Å². The lowest BCUT2D eigenvalue weighted by Gasteiger charge is -2.26. The number of nitrogens with zero attached hydrogens (tertiary/aromatic N) is 4. The van der Waals surface area contributed by atoms with Crippen LogP contribution in [0.15, 0.2) is 60.9 Å². The number of hydrogen-bond donors (Lipinski definition) is 6. The highest BCUT2D eigenvalue weighted by molar-refractivity contribution is 5.86. The SMILES string of the molecule is COC(=O)N[C@@H](C)C(=O)N1C[C@@H](F)C[C@H]1c1ncc(-c2ccc(-c3ccc(-c4cnc([C@@H]5C[C@H](F)CN5C(=O)[C@H](CO)NC(=O)O)[nH]4)cc3)cc2)[nH]1. The minimum atomic E-state index is -1.48. The monoisotopic (exact) mass is 720 g/mol. The fraction of sp³-hybridized carbons (Fsp3) is 0.371. The van der Waals surface area contributed by atoms with Gasteiger partial charge in [0.1, 0.15) is 36.1 Å². The molecular weight excluding hydrogens is 682 g/mol. The predicted molar refractivity (Wildman–Crippen MR) is 182 cm³/mol. The number of carboxylic acid groups (broad SMARTS) is 1. The number of aliphatic hydroxyl groups is 1. The molecule has 0 radical (unpaired) electrons. The van der Waals surface area contributed by atoms with Crippen LogP contribution in [0.5, 0.6) is 0 Å². The van der Waals surface area contributed by atoms with E-state index in [0.717, 1.165) is 22.3 Å². The van der Waals surface area contributed by atoms with Crippen LogP contribution in [0.3, 0.4) is 0 Å². The number of nitrogens with one attached hydrogen (secondary N) is 4. The number of carbonyl (C=O) groups excluding carboxylic acids is 3. The maximum Gasteiger partial charge on any atom is 0.407 e. The van der Waals surface area contributed by atoms with E-state index in [1.807, 2.05) is 53.8 Å². The Bertz CT molecular complexity index is 1920. The molecule has 0 saturated carbocycles. The number of benzene rings is 2. The van der Waals surface area contributed by atoms with E-state index in [1.165, 1.54) is 23.8 Å². The molecule has 4 heterocycles. The van der Waals surface area contributed by atoms with Crippen LogP contribution in [0.4, 0.5) is 18.4 Å². The molecule has 6 rings (SSSR count). The zero-order valence-corrected chi connectivity index (χ0v) is 28.3. The lowest BCUT2D eigenvalue weighted by atomic mass is 10.0. The Morgan fingerprint density at radius 1 is 0.808 bits per heavy atom. The first kappa shape index (κ1) is 36.0. The highest BCUT2D eigenvalue weighted by atomic mass is 19.1. The molecule has 52 heavy (non-hydrogen) atoms. The molecule has 4 aromatic rings. The number of aliphatic hydroxyl groups excluding tert-OH is 1. The van der Waals surface area contributed by atoms with E-state index >= 15 is 0 Å². The van der Waals surface area contributed by atoms with Gasteiger partial charge >= 0.3 is 12.2 Å². The summed E-state index contributed by atoms with van der Waals surface area (Å²) < 4.78 is 33.5. The molecule has 2 saturated heterocycles. The number of alkyl carbamates (subject to hydrolysis) is 1. The predicted octanol–water partition coefficient (Wildman–Crippen LogP) is 3.73. The Morgan fingerprint density at radius 3 is 1.67 bits per heavy atom. The minimum Gasteiger partial charge on any atom is -0.465 e. The molecule has 15 nitrogen and oxygen atoms in total. The maximum atomic E-state index is 14.5. The van der Waals surface area contributed by atoms with Gasteiger partial charge in [0.15, 0.2) is 0 Å². The van der Waals surface area contributed by atoms with E-state index in [2.05, 4.69) is 30.0 Å². The van der Waals surface area contributed by atoms with Gasteiger partial charge in [-0.25, -0.2) is 28.3 Å². The second-order valence-corrected chi connectivity index (χ2v) is 12.7. The Balaban J connectivity index is 1.12. The van der Waals surface area contributed by atoms with Gasteiger partial charge in [0.25, 0.3) is 0 Å². The van der Waals surface area contributed by atoms with Crippen LogP contribution in [0.1, 0.15) is 43.5 Å². The van der Waals surface area contributed by atoms with Crippen LogP contribution in [-0.4, -0.2) is 115 Å². The minimum absolute atomic E-state index is 0.0228. The van der Waals surface area contributed by atoms with Crippen molar-refractivity contribution >= 4 is 24.0 Å². The summed E-state index contributed by atoms with van der Waals surface area (Å²) >= 11 is 0. The zero-order valence-electron chi connectivity index (χ0n) is 28.3. The number of alkyl halides is 2. The van der Waals surface area contributed by atoms with Crippen molar-refractivity contribution in [3.63, 3.8) is 0 Å². The van der Waals surface area contributed by atoms with Crippen molar-refractivity contribution in [2.45, 2.75) is 56.3 Å². The van der Waals surface area contributed by atoms with Crippen LogP contribution in [-0.2, 0) is 14.3 Å². The number of halogens is 2. The second-order valence-electron chi connectivity index (χ2n) is 12.7. The number of methoxy groups -OCH3 is 1. The Labute approximate surface area is 296 Å². The number of imidazole rings is 2. The van der Waals surface area contributed by atoms with Gasteiger partial charge in [0.05, 0.1) is 62.7 Å². The summed E-state index contributed by atoms with van der Waals surface area (Å²) in [5.74, 6) is -0.390. The van der Waals surface area contributed by atoms with Crippen molar-refractivity contribution < 1.29 is 42.9 Å². The highest BCUT2D eigenvalue weighted by Gasteiger charge is 2.41. The smallest absolute Gasteiger partial charge is 0.407 e. The Morgan fingerprint density at radius 2 is 1.25 bits per heavy atom. The fourth-order valence-electron chi connectivity index (χ4n) is 6.65. The summed E-state index contributed by atoms with van der Waals surface area (Å²) in [5.41, 5.74) is 4.81.